The second-order valence-corrected chi connectivity index (χ2v) is 9.45. The van der Waals surface area contributed by atoms with Gasteiger partial charge in [0.25, 0.3) is 5.91 Å². The van der Waals surface area contributed by atoms with Crippen LogP contribution in [-0.2, 0) is 21.3 Å². The van der Waals surface area contributed by atoms with Crippen LogP contribution < -0.4 is 10.1 Å². The van der Waals surface area contributed by atoms with Crippen LogP contribution in [0, 0.1) is 0 Å². The zero-order valence-corrected chi connectivity index (χ0v) is 17.5. The third kappa shape index (κ3) is 4.91. The van der Waals surface area contributed by atoms with Gasteiger partial charge in [0.05, 0.1) is 19.3 Å². The Balaban J connectivity index is 1.66. The lowest BCUT2D eigenvalue weighted by Crippen LogP contribution is -2.41. The Labute approximate surface area is 169 Å². The summed E-state index contributed by atoms with van der Waals surface area (Å²) >= 11 is 1.12. The van der Waals surface area contributed by atoms with Crippen LogP contribution in [0.2, 0.25) is 0 Å². The molecule has 7 nitrogen and oxygen atoms in total. The minimum atomic E-state index is -3.71. The lowest BCUT2D eigenvalue weighted by atomic mass is 10.2. The zero-order valence-electron chi connectivity index (χ0n) is 15.9. The number of sulfonamides is 1. The van der Waals surface area contributed by atoms with E-state index in [1.165, 1.54) is 10.4 Å². The van der Waals surface area contributed by atoms with Gasteiger partial charge in [0.2, 0.25) is 10.0 Å². The number of ether oxygens (including phenoxy) is 2. The van der Waals surface area contributed by atoms with Crippen molar-refractivity contribution in [2.45, 2.75) is 31.4 Å². The Morgan fingerprint density at radius 1 is 1.21 bits per heavy atom. The van der Waals surface area contributed by atoms with Crippen molar-refractivity contribution in [3.05, 3.63) is 46.2 Å². The predicted octanol–water partition coefficient (Wildman–Crippen LogP) is 2.49. The number of hydrogen-bond donors (Lipinski definition) is 1. The molecule has 1 saturated heterocycles. The molecule has 2 aromatic rings. The number of carbonyl (C=O) groups is 1. The van der Waals surface area contributed by atoms with Crippen LogP contribution in [0.5, 0.6) is 5.75 Å². The minimum Gasteiger partial charge on any atom is -0.491 e. The van der Waals surface area contributed by atoms with E-state index in [0.29, 0.717) is 32.8 Å². The standard InChI is InChI=1S/C19H24N2O5S2/c1-14(2)26-16-5-3-15(4-6-16)13-20-19(22)18-17(7-12-27-18)28(23,24)21-8-10-25-11-9-21/h3-7,12,14H,8-11,13H2,1-2H3,(H,20,22). The summed E-state index contributed by atoms with van der Waals surface area (Å²) in [5.74, 6) is 0.367. The van der Waals surface area contributed by atoms with Crippen molar-refractivity contribution in [2.24, 2.45) is 0 Å². The van der Waals surface area contributed by atoms with E-state index in [9.17, 15) is 13.2 Å². The molecule has 28 heavy (non-hydrogen) atoms. The summed E-state index contributed by atoms with van der Waals surface area (Å²) in [4.78, 5) is 12.9. The highest BCUT2D eigenvalue weighted by Gasteiger charge is 2.31. The van der Waals surface area contributed by atoms with Crippen molar-refractivity contribution in [2.75, 3.05) is 26.3 Å². The van der Waals surface area contributed by atoms with Crippen LogP contribution in [0.3, 0.4) is 0 Å². The molecule has 0 aliphatic carbocycles. The summed E-state index contributed by atoms with van der Waals surface area (Å²) in [6.45, 7) is 5.53. The number of thiophene rings is 1. The fraction of sp³-hybridized carbons (Fsp3) is 0.421. The number of nitrogens with one attached hydrogen (secondary N) is 1. The Bertz CT molecular complexity index is 901. The fourth-order valence-electron chi connectivity index (χ4n) is 2.81. The van der Waals surface area contributed by atoms with Gasteiger partial charge in [-0.1, -0.05) is 12.1 Å². The maximum absolute atomic E-state index is 12.9. The predicted molar refractivity (Wildman–Crippen MR) is 107 cm³/mol. The number of hydrogen-bond acceptors (Lipinski definition) is 6. The quantitative estimate of drug-likeness (QED) is 0.738. The second kappa shape index (κ2) is 9.04. The first-order chi connectivity index (χ1) is 13.4. The van der Waals surface area contributed by atoms with Crippen LogP contribution in [0.15, 0.2) is 40.6 Å². The third-order valence-corrected chi connectivity index (χ3v) is 7.15. The molecule has 1 aliphatic heterocycles. The van der Waals surface area contributed by atoms with Crippen LogP contribution in [0.4, 0.5) is 0 Å². The maximum atomic E-state index is 12.9. The molecular weight excluding hydrogens is 400 g/mol. The van der Waals surface area contributed by atoms with E-state index in [1.54, 1.807) is 5.38 Å². The van der Waals surface area contributed by atoms with Gasteiger partial charge < -0.3 is 14.8 Å². The normalized spacial score (nSPS) is 15.5. The molecule has 3 rings (SSSR count). The molecular formula is C19H24N2O5S2. The molecule has 0 unspecified atom stereocenters. The highest BCUT2D eigenvalue weighted by Crippen LogP contribution is 2.26. The molecule has 0 bridgehead atoms. The van der Waals surface area contributed by atoms with Crippen molar-refractivity contribution < 1.29 is 22.7 Å². The van der Waals surface area contributed by atoms with E-state index in [0.717, 1.165) is 22.6 Å². The van der Waals surface area contributed by atoms with Gasteiger partial charge in [0.15, 0.2) is 0 Å². The molecule has 0 saturated carbocycles. The van der Waals surface area contributed by atoms with Gasteiger partial charge in [-0.3, -0.25) is 4.79 Å². The molecule has 9 heteroatoms. The van der Waals surface area contributed by atoms with E-state index >= 15 is 0 Å². The molecule has 1 N–H and O–H groups in total. The third-order valence-electron chi connectivity index (χ3n) is 4.17. The SMILES string of the molecule is CC(C)Oc1ccc(CNC(=O)c2sccc2S(=O)(=O)N2CCOCC2)cc1. The van der Waals surface area contributed by atoms with Crippen molar-refractivity contribution >= 4 is 27.3 Å². The first-order valence-electron chi connectivity index (χ1n) is 9.07. The van der Waals surface area contributed by atoms with E-state index in [4.69, 9.17) is 9.47 Å². The van der Waals surface area contributed by atoms with E-state index in [2.05, 4.69) is 5.32 Å². The molecule has 0 atom stereocenters. The average molecular weight is 425 g/mol. The van der Waals surface area contributed by atoms with Gasteiger partial charge in [0, 0.05) is 19.6 Å². The fourth-order valence-corrected chi connectivity index (χ4v) is 5.54. The molecule has 1 aromatic carbocycles. The number of nitrogens with zero attached hydrogens (tertiary/aromatic N) is 1. The van der Waals surface area contributed by atoms with Gasteiger partial charge in [-0.2, -0.15) is 4.31 Å². The van der Waals surface area contributed by atoms with Gasteiger partial charge in [-0.25, -0.2) is 8.42 Å². The number of benzene rings is 1. The zero-order chi connectivity index (χ0) is 20.1. The highest BCUT2D eigenvalue weighted by molar-refractivity contribution is 7.89. The van der Waals surface area contributed by atoms with Crippen LogP contribution in [0.1, 0.15) is 29.1 Å². The summed E-state index contributed by atoms with van der Waals surface area (Å²) in [7, 11) is -3.71. The Hall–Kier alpha value is -1.94. The second-order valence-electron chi connectivity index (χ2n) is 6.62. The Morgan fingerprint density at radius 3 is 2.54 bits per heavy atom. The molecule has 0 spiro atoms. The summed E-state index contributed by atoms with van der Waals surface area (Å²) in [6.07, 6.45) is 0.0937. The van der Waals surface area contributed by atoms with Crippen molar-refractivity contribution in [1.82, 2.24) is 9.62 Å². The molecule has 2 heterocycles. The first kappa shape index (κ1) is 20.8. The molecule has 1 amide bonds. The largest absolute Gasteiger partial charge is 0.491 e. The van der Waals surface area contributed by atoms with Crippen molar-refractivity contribution in [3.8, 4) is 5.75 Å². The average Bonchev–Trinajstić information content (AvgIpc) is 3.18. The van der Waals surface area contributed by atoms with Crippen molar-refractivity contribution in [1.29, 1.82) is 0 Å². The van der Waals surface area contributed by atoms with Crippen molar-refractivity contribution in [3.63, 3.8) is 0 Å². The molecule has 152 valence electrons. The lowest BCUT2D eigenvalue weighted by molar-refractivity contribution is 0.0730. The van der Waals surface area contributed by atoms with Crippen LogP contribution >= 0.6 is 11.3 Å². The van der Waals surface area contributed by atoms with Crippen LogP contribution in [0.25, 0.3) is 0 Å². The molecule has 1 fully saturated rings. The summed E-state index contributed by atoms with van der Waals surface area (Å²) in [5.41, 5.74) is 0.901. The maximum Gasteiger partial charge on any atom is 0.263 e. The van der Waals surface area contributed by atoms with E-state index in [-0.39, 0.29) is 15.9 Å². The molecule has 0 radical (unpaired) electrons. The summed E-state index contributed by atoms with van der Waals surface area (Å²) in [6, 6.07) is 8.93. The number of carbonyl (C=O) groups excluding carboxylic acids is 1. The topological polar surface area (TPSA) is 84.9 Å². The number of rotatable bonds is 7. The van der Waals surface area contributed by atoms with Gasteiger partial charge >= 0.3 is 0 Å². The Kier molecular flexibility index (Phi) is 6.71. The monoisotopic (exact) mass is 424 g/mol. The highest BCUT2D eigenvalue weighted by atomic mass is 32.2. The molecule has 1 aromatic heterocycles. The number of morpholine rings is 1. The molecule has 1 aliphatic rings. The number of amides is 1. The summed E-state index contributed by atoms with van der Waals surface area (Å²) < 4.78 is 37.9. The lowest BCUT2D eigenvalue weighted by Gasteiger charge is -2.26. The van der Waals surface area contributed by atoms with Gasteiger partial charge in [-0.05, 0) is 43.0 Å². The Morgan fingerprint density at radius 2 is 1.89 bits per heavy atom. The summed E-state index contributed by atoms with van der Waals surface area (Å²) in [5, 5.41) is 4.43. The van der Waals surface area contributed by atoms with Gasteiger partial charge in [-0.15, -0.1) is 11.3 Å². The van der Waals surface area contributed by atoms with E-state index in [1.807, 2.05) is 38.1 Å². The van der Waals surface area contributed by atoms with E-state index < -0.39 is 15.9 Å². The van der Waals surface area contributed by atoms with Crippen LogP contribution in [-0.4, -0.2) is 51.0 Å². The first-order valence-corrected chi connectivity index (χ1v) is 11.4. The van der Waals surface area contributed by atoms with Gasteiger partial charge in [0.1, 0.15) is 15.5 Å². The minimum absolute atomic E-state index is 0.0533. The smallest absolute Gasteiger partial charge is 0.263 e.